The first-order valence-corrected chi connectivity index (χ1v) is 8.68. The molecule has 0 saturated heterocycles. The summed E-state index contributed by atoms with van der Waals surface area (Å²) in [5.74, 6) is 0.594. The van der Waals surface area contributed by atoms with Crippen LogP contribution in [-0.4, -0.2) is 45.9 Å². The van der Waals surface area contributed by atoms with Crippen LogP contribution < -0.4 is 0 Å². The summed E-state index contributed by atoms with van der Waals surface area (Å²) < 4.78 is 0. The van der Waals surface area contributed by atoms with E-state index in [-0.39, 0.29) is 10.8 Å². The third-order valence-corrected chi connectivity index (χ3v) is 7.18. The normalized spacial score (nSPS) is 40.7. The van der Waals surface area contributed by atoms with Crippen LogP contribution in [0.1, 0.15) is 67.2 Å². The lowest BCUT2D eigenvalue weighted by molar-refractivity contribution is -0.139. The van der Waals surface area contributed by atoms with E-state index in [4.69, 9.17) is 0 Å². The van der Waals surface area contributed by atoms with Gasteiger partial charge < -0.3 is 15.1 Å². The molecule has 21 heavy (non-hydrogen) atoms. The minimum absolute atomic E-state index is 0.0715. The van der Waals surface area contributed by atoms with Crippen LogP contribution in [0, 0.1) is 16.7 Å². The van der Waals surface area contributed by atoms with Crippen molar-refractivity contribution in [3.05, 3.63) is 0 Å². The van der Waals surface area contributed by atoms with Gasteiger partial charge in [-0.1, -0.05) is 34.6 Å². The summed E-state index contributed by atoms with van der Waals surface area (Å²) in [7, 11) is 0. The summed E-state index contributed by atoms with van der Waals surface area (Å²) in [6.07, 6.45) is 3.66. The average Bonchev–Trinajstić information content (AvgIpc) is 2.66. The molecule has 0 amide bonds. The number of nitrogens with zero attached hydrogens (tertiary/aromatic N) is 1. The molecular formula is C18H35NO2. The first kappa shape index (κ1) is 17.2. The maximum atomic E-state index is 11.4. The third kappa shape index (κ3) is 2.55. The minimum Gasteiger partial charge on any atom is -0.389 e. The summed E-state index contributed by atoms with van der Waals surface area (Å²) >= 11 is 0. The fourth-order valence-electron chi connectivity index (χ4n) is 5.30. The van der Waals surface area contributed by atoms with E-state index >= 15 is 0 Å². The Morgan fingerprint density at radius 3 is 2.14 bits per heavy atom. The van der Waals surface area contributed by atoms with E-state index in [1.54, 1.807) is 0 Å². The van der Waals surface area contributed by atoms with Crippen molar-refractivity contribution in [2.45, 2.75) is 78.4 Å². The van der Waals surface area contributed by atoms with Gasteiger partial charge in [0.15, 0.2) is 0 Å². The van der Waals surface area contributed by atoms with Crippen LogP contribution in [0.3, 0.4) is 0 Å². The number of hydrogen-bond donors (Lipinski definition) is 2. The lowest BCUT2D eigenvalue weighted by atomic mass is 9.62. The number of aliphatic hydroxyl groups is 2. The highest BCUT2D eigenvalue weighted by Crippen LogP contribution is 2.70. The van der Waals surface area contributed by atoms with Gasteiger partial charge >= 0.3 is 0 Å². The van der Waals surface area contributed by atoms with E-state index in [9.17, 15) is 10.2 Å². The lowest BCUT2D eigenvalue weighted by Gasteiger charge is -2.48. The van der Waals surface area contributed by atoms with Crippen molar-refractivity contribution in [1.82, 2.24) is 4.90 Å². The Kier molecular flexibility index (Phi) is 4.28. The molecule has 2 aliphatic carbocycles. The Balaban J connectivity index is 2.16. The molecule has 2 fully saturated rings. The van der Waals surface area contributed by atoms with Crippen LogP contribution in [0.25, 0.3) is 0 Å². The van der Waals surface area contributed by atoms with Crippen LogP contribution in [0.5, 0.6) is 0 Å². The van der Waals surface area contributed by atoms with Gasteiger partial charge in [-0.15, -0.1) is 0 Å². The fourth-order valence-corrected chi connectivity index (χ4v) is 5.30. The van der Waals surface area contributed by atoms with E-state index in [0.29, 0.717) is 18.9 Å². The van der Waals surface area contributed by atoms with Crippen molar-refractivity contribution in [3.63, 3.8) is 0 Å². The smallest absolute Gasteiger partial charge is 0.0773 e. The number of hydrogen-bond acceptors (Lipinski definition) is 3. The van der Waals surface area contributed by atoms with Gasteiger partial charge in [0, 0.05) is 18.4 Å². The second kappa shape index (κ2) is 5.21. The number of likely N-dealkylation sites (N-methyl/N-ethyl adjacent to an activating group) is 1. The monoisotopic (exact) mass is 297 g/mol. The van der Waals surface area contributed by atoms with Crippen molar-refractivity contribution >= 4 is 0 Å². The highest BCUT2D eigenvalue weighted by molar-refractivity contribution is 5.18. The SMILES string of the molecule is CCN(CC)C[C@@](C)(O)C[C@@]1(O)C[C@H]2CC[C@]1(C)C2(C)C. The molecule has 0 aromatic heterocycles. The summed E-state index contributed by atoms with van der Waals surface area (Å²) in [5, 5.41) is 22.3. The van der Waals surface area contributed by atoms with Crippen molar-refractivity contribution in [1.29, 1.82) is 0 Å². The molecule has 2 aliphatic rings. The Morgan fingerprint density at radius 1 is 1.19 bits per heavy atom. The minimum atomic E-state index is -0.829. The molecule has 2 rings (SSSR count). The highest BCUT2D eigenvalue weighted by atomic mass is 16.3. The predicted molar refractivity (Wildman–Crippen MR) is 87.2 cm³/mol. The summed E-state index contributed by atoms with van der Waals surface area (Å²) in [6.45, 7) is 15.5. The Hall–Kier alpha value is -0.120. The molecular weight excluding hydrogens is 262 g/mol. The van der Waals surface area contributed by atoms with Crippen LogP contribution in [0.4, 0.5) is 0 Å². The van der Waals surface area contributed by atoms with Crippen molar-refractivity contribution in [2.24, 2.45) is 16.7 Å². The van der Waals surface area contributed by atoms with E-state index in [1.807, 2.05) is 6.92 Å². The Morgan fingerprint density at radius 2 is 1.76 bits per heavy atom. The zero-order valence-corrected chi connectivity index (χ0v) is 14.9. The molecule has 0 heterocycles. The molecule has 0 radical (unpaired) electrons. The highest BCUT2D eigenvalue weighted by Gasteiger charge is 2.68. The second-order valence-corrected chi connectivity index (χ2v) is 8.66. The van der Waals surface area contributed by atoms with Crippen molar-refractivity contribution < 1.29 is 10.2 Å². The molecule has 2 saturated carbocycles. The molecule has 0 spiro atoms. The van der Waals surface area contributed by atoms with Crippen LogP contribution >= 0.6 is 0 Å². The van der Waals surface area contributed by atoms with E-state index < -0.39 is 11.2 Å². The van der Waals surface area contributed by atoms with Gasteiger partial charge in [-0.05, 0) is 50.6 Å². The topological polar surface area (TPSA) is 43.7 Å². The maximum Gasteiger partial charge on any atom is 0.0773 e. The van der Waals surface area contributed by atoms with Crippen molar-refractivity contribution in [3.8, 4) is 0 Å². The van der Waals surface area contributed by atoms with Gasteiger partial charge in [0.25, 0.3) is 0 Å². The molecule has 0 aromatic rings. The first-order valence-electron chi connectivity index (χ1n) is 8.68. The fraction of sp³-hybridized carbons (Fsp3) is 1.00. The van der Waals surface area contributed by atoms with E-state index in [1.165, 1.54) is 6.42 Å². The average molecular weight is 297 g/mol. The molecule has 0 aliphatic heterocycles. The largest absolute Gasteiger partial charge is 0.389 e. The molecule has 3 nitrogen and oxygen atoms in total. The Labute approximate surface area is 130 Å². The van der Waals surface area contributed by atoms with Gasteiger partial charge in [0.1, 0.15) is 0 Å². The zero-order valence-electron chi connectivity index (χ0n) is 14.9. The molecule has 2 N–H and O–H groups in total. The summed E-state index contributed by atoms with van der Waals surface area (Å²) in [4.78, 5) is 2.24. The second-order valence-electron chi connectivity index (χ2n) is 8.66. The lowest BCUT2D eigenvalue weighted by Crippen LogP contribution is -2.54. The first-order chi connectivity index (χ1) is 9.51. The Bertz CT molecular complexity index is 389. The van der Waals surface area contributed by atoms with E-state index in [2.05, 4.69) is 39.5 Å². The predicted octanol–water partition coefficient (Wildman–Crippen LogP) is 3.05. The standard InChI is InChI=1S/C18H35NO2/c1-7-19(8-2)13-16(5,20)12-18(21)11-14-9-10-17(18,6)15(14,3)4/h14,20-21H,7-13H2,1-6H3/t14-,16+,17-,18+/m1/s1. The quantitative estimate of drug-likeness (QED) is 0.792. The summed E-state index contributed by atoms with van der Waals surface area (Å²) in [5.41, 5.74) is -1.45. The molecule has 0 unspecified atom stereocenters. The van der Waals surface area contributed by atoms with Gasteiger partial charge in [-0.2, -0.15) is 0 Å². The molecule has 2 bridgehead atoms. The van der Waals surface area contributed by atoms with Crippen LogP contribution in [-0.2, 0) is 0 Å². The van der Waals surface area contributed by atoms with Crippen molar-refractivity contribution in [2.75, 3.05) is 19.6 Å². The van der Waals surface area contributed by atoms with Gasteiger partial charge in [-0.25, -0.2) is 0 Å². The number of rotatable bonds is 6. The van der Waals surface area contributed by atoms with Gasteiger partial charge in [0.05, 0.1) is 11.2 Å². The third-order valence-electron chi connectivity index (χ3n) is 7.18. The molecule has 3 heteroatoms. The maximum absolute atomic E-state index is 11.4. The van der Waals surface area contributed by atoms with Gasteiger partial charge in [-0.3, -0.25) is 0 Å². The van der Waals surface area contributed by atoms with Crippen LogP contribution in [0.2, 0.25) is 0 Å². The molecule has 4 atom stereocenters. The van der Waals surface area contributed by atoms with Crippen LogP contribution in [0.15, 0.2) is 0 Å². The van der Waals surface area contributed by atoms with Gasteiger partial charge in [0.2, 0.25) is 0 Å². The molecule has 0 aromatic carbocycles. The number of fused-ring (bicyclic) bond motifs is 2. The summed E-state index contributed by atoms with van der Waals surface area (Å²) in [6, 6.07) is 0. The molecule has 124 valence electrons. The van der Waals surface area contributed by atoms with E-state index in [0.717, 1.165) is 25.9 Å². The zero-order chi connectivity index (χ0) is 16.1.